The van der Waals surface area contributed by atoms with E-state index in [9.17, 15) is 0 Å². The highest BCUT2D eigenvalue weighted by Gasteiger charge is 2.40. The van der Waals surface area contributed by atoms with Gasteiger partial charge in [0, 0.05) is 16.1 Å². The molecule has 0 aromatic heterocycles. The third kappa shape index (κ3) is 3.44. The molecule has 1 atom stereocenters. The van der Waals surface area contributed by atoms with Crippen LogP contribution in [0.25, 0.3) is 0 Å². The fraction of sp³-hybridized carbons (Fsp3) is 0.647. The van der Waals surface area contributed by atoms with Gasteiger partial charge in [0.2, 0.25) is 0 Å². The molecule has 0 radical (unpaired) electrons. The van der Waals surface area contributed by atoms with E-state index in [0.717, 1.165) is 10.9 Å². The molecule has 1 N–H and O–H groups in total. The smallest absolute Gasteiger partial charge is 0.0359 e. The van der Waals surface area contributed by atoms with Crippen molar-refractivity contribution in [2.45, 2.75) is 50.1 Å². The molecule has 112 valence electrons. The lowest BCUT2D eigenvalue weighted by Gasteiger charge is -2.48. The van der Waals surface area contributed by atoms with Crippen LogP contribution in [0, 0.1) is 0 Å². The van der Waals surface area contributed by atoms with E-state index >= 15 is 0 Å². The molecule has 1 aliphatic rings. The van der Waals surface area contributed by atoms with Crippen LogP contribution >= 0.6 is 15.9 Å². The monoisotopic (exact) mass is 338 g/mol. The summed E-state index contributed by atoms with van der Waals surface area (Å²) >= 11 is 3.52. The molecule has 0 amide bonds. The number of nitrogens with one attached hydrogen (secondary N) is 1. The van der Waals surface area contributed by atoms with E-state index in [4.69, 9.17) is 0 Å². The second-order valence-corrected chi connectivity index (χ2v) is 7.15. The van der Waals surface area contributed by atoms with E-state index in [2.05, 4.69) is 71.6 Å². The molecule has 2 nitrogen and oxygen atoms in total. The molecule has 0 aliphatic heterocycles. The minimum atomic E-state index is 0.306. The first-order chi connectivity index (χ1) is 9.58. The van der Waals surface area contributed by atoms with E-state index in [0.29, 0.717) is 11.6 Å². The van der Waals surface area contributed by atoms with Crippen molar-refractivity contribution in [3.8, 4) is 0 Å². The maximum Gasteiger partial charge on any atom is 0.0359 e. The summed E-state index contributed by atoms with van der Waals surface area (Å²) in [7, 11) is 6.61. The Kier molecular flexibility index (Phi) is 5.65. The minimum absolute atomic E-state index is 0.306. The average Bonchev–Trinajstić information content (AvgIpc) is 2.47. The summed E-state index contributed by atoms with van der Waals surface area (Å²) in [6.45, 7) is 0. The van der Waals surface area contributed by atoms with Crippen LogP contribution in [0.15, 0.2) is 28.7 Å². The van der Waals surface area contributed by atoms with Gasteiger partial charge >= 0.3 is 0 Å². The van der Waals surface area contributed by atoms with Gasteiger partial charge in [0.15, 0.2) is 0 Å². The molecule has 2 rings (SSSR count). The number of hydrogen-bond donors (Lipinski definition) is 1. The van der Waals surface area contributed by atoms with Crippen molar-refractivity contribution >= 4 is 15.9 Å². The van der Waals surface area contributed by atoms with Crippen LogP contribution in [-0.2, 0) is 6.42 Å². The van der Waals surface area contributed by atoms with Gasteiger partial charge in [0.05, 0.1) is 0 Å². The van der Waals surface area contributed by atoms with Crippen LogP contribution in [0.4, 0.5) is 0 Å². The van der Waals surface area contributed by atoms with Gasteiger partial charge in [-0.1, -0.05) is 47.3 Å². The standard InChI is InChI=1S/C17H27BrN2/c1-19-16(13-14-7-9-15(18)10-8-14)17(20(2)3)11-5-4-6-12-17/h7-10,16,19H,4-6,11-13H2,1-3H3. The first-order valence-corrected chi connectivity index (χ1v) is 8.47. The highest BCUT2D eigenvalue weighted by atomic mass is 79.9. The number of hydrogen-bond acceptors (Lipinski definition) is 2. The zero-order chi connectivity index (χ0) is 14.6. The average molecular weight is 339 g/mol. The Hall–Kier alpha value is -0.380. The van der Waals surface area contributed by atoms with E-state index in [1.165, 1.54) is 37.7 Å². The predicted molar refractivity (Wildman–Crippen MR) is 90.2 cm³/mol. The van der Waals surface area contributed by atoms with Crippen LogP contribution in [0.1, 0.15) is 37.7 Å². The maximum atomic E-state index is 3.60. The molecule has 0 spiro atoms. The molecule has 1 unspecified atom stereocenters. The summed E-state index contributed by atoms with van der Waals surface area (Å²) in [4.78, 5) is 2.46. The zero-order valence-corrected chi connectivity index (χ0v) is 14.5. The normalized spacial score (nSPS) is 20.1. The fourth-order valence-corrected chi connectivity index (χ4v) is 3.95. The van der Waals surface area contributed by atoms with Gasteiger partial charge in [-0.15, -0.1) is 0 Å². The van der Waals surface area contributed by atoms with Crippen molar-refractivity contribution in [3.05, 3.63) is 34.3 Å². The van der Waals surface area contributed by atoms with Crippen LogP contribution < -0.4 is 5.32 Å². The summed E-state index contributed by atoms with van der Waals surface area (Å²) in [5, 5.41) is 3.60. The molecule has 1 aromatic carbocycles. The Morgan fingerprint density at radius 1 is 1.15 bits per heavy atom. The topological polar surface area (TPSA) is 15.3 Å². The Bertz CT molecular complexity index is 408. The van der Waals surface area contributed by atoms with Gasteiger partial charge in [-0.2, -0.15) is 0 Å². The lowest BCUT2D eigenvalue weighted by molar-refractivity contribution is 0.0598. The molecular formula is C17H27BrN2. The first kappa shape index (κ1) is 16.0. The van der Waals surface area contributed by atoms with Gasteiger partial charge in [-0.05, 0) is 58.1 Å². The molecular weight excluding hydrogens is 312 g/mol. The van der Waals surface area contributed by atoms with Gasteiger partial charge < -0.3 is 10.2 Å². The lowest BCUT2D eigenvalue weighted by Crippen LogP contribution is -2.60. The van der Waals surface area contributed by atoms with Crippen LogP contribution in [0.2, 0.25) is 0 Å². The van der Waals surface area contributed by atoms with Crippen molar-refractivity contribution in [1.29, 1.82) is 0 Å². The van der Waals surface area contributed by atoms with Crippen LogP contribution in [0.3, 0.4) is 0 Å². The first-order valence-electron chi connectivity index (χ1n) is 7.67. The van der Waals surface area contributed by atoms with Gasteiger partial charge in [0.1, 0.15) is 0 Å². The third-order valence-electron chi connectivity index (χ3n) is 4.96. The lowest BCUT2D eigenvalue weighted by atomic mass is 9.73. The SMILES string of the molecule is CNC(Cc1ccc(Br)cc1)C1(N(C)C)CCCCC1. The maximum absolute atomic E-state index is 3.60. The number of halogens is 1. The van der Waals surface area contributed by atoms with Crippen molar-refractivity contribution in [3.63, 3.8) is 0 Å². The third-order valence-corrected chi connectivity index (χ3v) is 5.49. The fourth-order valence-electron chi connectivity index (χ4n) is 3.69. The number of likely N-dealkylation sites (N-methyl/N-ethyl adjacent to an activating group) is 2. The summed E-state index contributed by atoms with van der Waals surface area (Å²) < 4.78 is 1.15. The number of benzene rings is 1. The van der Waals surface area contributed by atoms with E-state index < -0.39 is 0 Å². The van der Waals surface area contributed by atoms with Gasteiger partial charge in [-0.25, -0.2) is 0 Å². The Labute approximate surface area is 132 Å². The Balaban J connectivity index is 2.18. The van der Waals surface area contributed by atoms with Crippen LogP contribution in [0.5, 0.6) is 0 Å². The van der Waals surface area contributed by atoms with Crippen molar-refractivity contribution in [1.82, 2.24) is 10.2 Å². The largest absolute Gasteiger partial charge is 0.315 e. The summed E-state index contributed by atoms with van der Waals surface area (Å²) in [6, 6.07) is 9.27. The molecule has 3 heteroatoms. The molecule has 1 aromatic rings. The zero-order valence-electron chi connectivity index (χ0n) is 13.0. The van der Waals surface area contributed by atoms with E-state index in [1.807, 2.05) is 0 Å². The van der Waals surface area contributed by atoms with Crippen molar-refractivity contribution in [2.24, 2.45) is 0 Å². The quantitative estimate of drug-likeness (QED) is 0.877. The molecule has 20 heavy (non-hydrogen) atoms. The summed E-state index contributed by atoms with van der Waals surface area (Å²) in [5.74, 6) is 0. The number of nitrogens with zero attached hydrogens (tertiary/aromatic N) is 1. The van der Waals surface area contributed by atoms with E-state index in [1.54, 1.807) is 0 Å². The Morgan fingerprint density at radius 2 is 1.75 bits per heavy atom. The molecule has 0 heterocycles. The number of rotatable bonds is 5. The van der Waals surface area contributed by atoms with Gasteiger partial charge in [-0.3, -0.25) is 0 Å². The highest BCUT2D eigenvalue weighted by Crippen LogP contribution is 2.36. The van der Waals surface area contributed by atoms with Crippen molar-refractivity contribution < 1.29 is 0 Å². The Morgan fingerprint density at radius 3 is 2.25 bits per heavy atom. The van der Waals surface area contributed by atoms with Crippen LogP contribution in [-0.4, -0.2) is 37.6 Å². The summed E-state index contributed by atoms with van der Waals surface area (Å²) in [5.41, 5.74) is 1.72. The van der Waals surface area contributed by atoms with Gasteiger partial charge in [0.25, 0.3) is 0 Å². The molecule has 0 bridgehead atoms. The second-order valence-electron chi connectivity index (χ2n) is 6.23. The molecule has 0 saturated heterocycles. The molecule has 1 fully saturated rings. The van der Waals surface area contributed by atoms with Crippen molar-refractivity contribution in [2.75, 3.05) is 21.1 Å². The highest BCUT2D eigenvalue weighted by molar-refractivity contribution is 9.10. The summed E-state index contributed by atoms with van der Waals surface area (Å²) in [6.07, 6.45) is 7.82. The minimum Gasteiger partial charge on any atom is -0.315 e. The second kappa shape index (κ2) is 7.06. The predicted octanol–water partition coefficient (Wildman–Crippen LogP) is 3.84. The molecule has 1 aliphatic carbocycles. The molecule has 1 saturated carbocycles. The van der Waals surface area contributed by atoms with E-state index in [-0.39, 0.29) is 0 Å².